The van der Waals surface area contributed by atoms with Crippen LogP contribution in [0.25, 0.3) is 0 Å². The Labute approximate surface area is 94.6 Å². The topological polar surface area (TPSA) is 21.3 Å². The third kappa shape index (κ3) is 1.48. The summed E-state index contributed by atoms with van der Waals surface area (Å²) in [5, 5.41) is 4.19. The summed E-state index contributed by atoms with van der Waals surface area (Å²) < 4.78 is 6.01. The van der Waals surface area contributed by atoms with Gasteiger partial charge in [-0.2, -0.15) is 0 Å². The Morgan fingerprint density at radius 2 is 2.07 bits per heavy atom. The Morgan fingerprint density at radius 1 is 1.27 bits per heavy atom. The van der Waals surface area contributed by atoms with Gasteiger partial charge in [0.2, 0.25) is 0 Å². The smallest absolute Gasteiger partial charge is 0.0964 e. The summed E-state index contributed by atoms with van der Waals surface area (Å²) >= 11 is 6.05. The fourth-order valence-electron chi connectivity index (χ4n) is 2.64. The fraction of sp³-hybridized carbons (Fsp3) is 0.500. The Kier molecular flexibility index (Phi) is 2.23. The predicted octanol–water partition coefficient (Wildman–Crippen LogP) is 2.45. The van der Waals surface area contributed by atoms with Crippen molar-refractivity contribution in [2.24, 2.45) is 0 Å². The molecule has 3 rings (SSSR count). The first-order valence-electron chi connectivity index (χ1n) is 5.44. The zero-order valence-electron chi connectivity index (χ0n) is 8.55. The van der Waals surface area contributed by atoms with Crippen LogP contribution in [0.1, 0.15) is 24.0 Å². The highest BCUT2D eigenvalue weighted by Crippen LogP contribution is 2.43. The van der Waals surface area contributed by atoms with E-state index in [4.69, 9.17) is 16.3 Å². The zero-order chi connectivity index (χ0) is 10.3. The minimum atomic E-state index is -0.0501. The van der Waals surface area contributed by atoms with Crippen LogP contribution in [0.15, 0.2) is 18.2 Å². The minimum absolute atomic E-state index is 0.0501. The summed E-state index contributed by atoms with van der Waals surface area (Å²) in [5.41, 5.74) is 2.57. The van der Waals surface area contributed by atoms with Gasteiger partial charge in [0.1, 0.15) is 0 Å². The largest absolute Gasteiger partial charge is 0.365 e. The van der Waals surface area contributed by atoms with Crippen molar-refractivity contribution in [2.45, 2.75) is 25.0 Å². The first-order valence-corrected chi connectivity index (χ1v) is 5.82. The van der Waals surface area contributed by atoms with Gasteiger partial charge in [0.25, 0.3) is 0 Å². The number of halogens is 1. The molecule has 2 aliphatic heterocycles. The summed E-state index contributed by atoms with van der Waals surface area (Å²) in [6.45, 7) is 2.81. The van der Waals surface area contributed by atoms with Gasteiger partial charge in [-0.3, -0.25) is 0 Å². The van der Waals surface area contributed by atoms with Crippen molar-refractivity contribution >= 4 is 11.6 Å². The van der Waals surface area contributed by atoms with E-state index in [0.717, 1.165) is 37.6 Å². The molecule has 80 valence electrons. The molecule has 1 N–H and O–H groups in total. The Hall–Kier alpha value is -0.570. The lowest BCUT2D eigenvalue weighted by Gasteiger charge is -2.34. The van der Waals surface area contributed by atoms with Crippen molar-refractivity contribution in [1.29, 1.82) is 0 Å². The van der Waals surface area contributed by atoms with Gasteiger partial charge in [0.15, 0.2) is 0 Å². The quantitative estimate of drug-likeness (QED) is 0.730. The summed E-state index contributed by atoms with van der Waals surface area (Å²) in [7, 11) is 0. The van der Waals surface area contributed by atoms with Crippen molar-refractivity contribution in [3.63, 3.8) is 0 Å². The second-order valence-corrected chi connectivity index (χ2v) is 4.77. The molecule has 1 spiro atoms. The predicted molar refractivity (Wildman–Crippen MR) is 60.0 cm³/mol. The van der Waals surface area contributed by atoms with Crippen LogP contribution in [0.3, 0.4) is 0 Å². The monoisotopic (exact) mass is 223 g/mol. The molecule has 0 unspecified atom stereocenters. The Morgan fingerprint density at radius 3 is 2.87 bits per heavy atom. The van der Waals surface area contributed by atoms with Crippen molar-refractivity contribution in [3.05, 3.63) is 34.3 Å². The van der Waals surface area contributed by atoms with Crippen molar-refractivity contribution < 1.29 is 4.74 Å². The van der Waals surface area contributed by atoms with Gasteiger partial charge in [0, 0.05) is 5.02 Å². The number of nitrogens with one attached hydrogen (secondary N) is 1. The normalized spacial score (nSPS) is 23.0. The molecule has 0 amide bonds. The van der Waals surface area contributed by atoms with Crippen LogP contribution >= 0.6 is 11.6 Å². The van der Waals surface area contributed by atoms with Crippen molar-refractivity contribution in [1.82, 2.24) is 5.32 Å². The number of fused-ring (bicyclic) bond motifs is 2. The van der Waals surface area contributed by atoms with Gasteiger partial charge in [-0.1, -0.05) is 17.7 Å². The average molecular weight is 224 g/mol. The molecule has 1 aromatic rings. The van der Waals surface area contributed by atoms with Crippen LogP contribution in [-0.4, -0.2) is 13.1 Å². The van der Waals surface area contributed by atoms with Gasteiger partial charge < -0.3 is 10.1 Å². The molecule has 15 heavy (non-hydrogen) atoms. The average Bonchev–Trinajstić information content (AvgIpc) is 2.59. The van der Waals surface area contributed by atoms with E-state index in [-0.39, 0.29) is 5.60 Å². The van der Waals surface area contributed by atoms with Crippen LogP contribution in [0.2, 0.25) is 5.02 Å². The molecule has 1 aromatic carbocycles. The van der Waals surface area contributed by atoms with E-state index in [0.29, 0.717) is 0 Å². The Bertz CT molecular complexity index is 380. The maximum absolute atomic E-state index is 6.05. The lowest BCUT2D eigenvalue weighted by atomic mass is 9.84. The third-order valence-electron chi connectivity index (χ3n) is 3.48. The second kappa shape index (κ2) is 3.48. The number of ether oxygens (including phenoxy) is 1. The van der Waals surface area contributed by atoms with E-state index >= 15 is 0 Å². The van der Waals surface area contributed by atoms with Crippen LogP contribution in [0.5, 0.6) is 0 Å². The lowest BCUT2D eigenvalue weighted by molar-refractivity contribution is -0.0589. The fourth-order valence-corrected chi connectivity index (χ4v) is 2.81. The standard InChI is InChI=1S/C12H14ClNO/c13-10-2-1-9-8-15-12(11(9)7-10)3-5-14-6-4-12/h1-2,7,14H,3-6,8H2. The van der Waals surface area contributed by atoms with Gasteiger partial charge in [-0.05, 0) is 49.2 Å². The van der Waals surface area contributed by atoms with Crippen LogP contribution in [0, 0.1) is 0 Å². The highest BCUT2D eigenvalue weighted by molar-refractivity contribution is 6.30. The van der Waals surface area contributed by atoms with Gasteiger partial charge in [0.05, 0.1) is 12.2 Å². The maximum atomic E-state index is 6.05. The molecule has 0 aromatic heterocycles. The van der Waals surface area contributed by atoms with Gasteiger partial charge in [-0.25, -0.2) is 0 Å². The summed E-state index contributed by atoms with van der Waals surface area (Å²) in [6, 6.07) is 6.12. The van der Waals surface area contributed by atoms with E-state index in [1.807, 2.05) is 6.07 Å². The molecular weight excluding hydrogens is 210 g/mol. The second-order valence-electron chi connectivity index (χ2n) is 4.33. The van der Waals surface area contributed by atoms with Crippen LogP contribution < -0.4 is 5.32 Å². The van der Waals surface area contributed by atoms with E-state index in [1.165, 1.54) is 11.1 Å². The van der Waals surface area contributed by atoms with Crippen LogP contribution in [0.4, 0.5) is 0 Å². The molecular formula is C12H14ClNO. The number of rotatable bonds is 0. The number of benzene rings is 1. The summed E-state index contributed by atoms with van der Waals surface area (Å²) in [6.07, 6.45) is 2.11. The van der Waals surface area contributed by atoms with E-state index in [9.17, 15) is 0 Å². The molecule has 0 saturated carbocycles. The molecule has 0 radical (unpaired) electrons. The maximum Gasteiger partial charge on any atom is 0.0964 e. The molecule has 0 aliphatic carbocycles. The molecule has 2 aliphatic rings. The first-order chi connectivity index (χ1) is 7.30. The molecule has 0 atom stereocenters. The highest BCUT2D eigenvalue weighted by atomic mass is 35.5. The number of hydrogen-bond acceptors (Lipinski definition) is 2. The molecule has 2 heterocycles. The summed E-state index contributed by atoms with van der Waals surface area (Å²) in [5.74, 6) is 0. The van der Waals surface area contributed by atoms with Gasteiger partial charge in [-0.15, -0.1) is 0 Å². The minimum Gasteiger partial charge on any atom is -0.365 e. The lowest BCUT2D eigenvalue weighted by Crippen LogP contribution is -2.39. The van der Waals surface area contributed by atoms with Crippen LogP contribution in [-0.2, 0) is 16.9 Å². The SMILES string of the molecule is Clc1ccc2c(c1)C1(CCNCC1)OC2. The zero-order valence-corrected chi connectivity index (χ0v) is 9.31. The first kappa shape index (κ1) is 9.64. The van der Waals surface area contributed by atoms with Crippen molar-refractivity contribution in [3.8, 4) is 0 Å². The van der Waals surface area contributed by atoms with E-state index in [1.54, 1.807) is 0 Å². The van der Waals surface area contributed by atoms with E-state index in [2.05, 4.69) is 17.4 Å². The summed E-state index contributed by atoms with van der Waals surface area (Å²) in [4.78, 5) is 0. The third-order valence-corrected chi connectivity index (χ3v) is 3.71. The molecule has 2 nitrogen and oxygen atoms in total. The molecule has 0 bridgehead atoms. The molecule has 1 saturated heterocycles. The molecule has 3 heteroatoms. The molecule has 1 fully saturated rings. The van der Waals surface area contributed by atoms with Gasteiger partial charge >= 0.3 is 0 Å². The van der Waals surface area contributed by atoms with E-state index < -0.39 is 0 Å². The number of piperidine rings is 1. The Balaban J connectivity index is 2.05. The van der Waals surface area contributed by atoms with Crippen molar-refractivity contribution in [2.75, 3.05) is 13.1 Å². The number of hydrogen-bond donors (Lipinski definition) is 1. The highest BCUT2D eigenvalue weighted by Gasteiger charge is 2.40.